The maximum atomic E-state index is 12.5. The van der Waals surface area contributed by atoms with Crippen LogP contribution >= 0.6 is 0 Å². The van der Waals surface area contributed by atoms with Crippen molar-refractivity contribution >= 4 is 16.0 Å². The van der Waals surface area contributed by atoms with Crippen LogP contribution in [-0.4, -0.2) is 61.4 Å². The lowest BCUT2D eigenvalue weighted by molar-refractivity contribution is 0.0696. The summed E-state index contributed by atoms with van der Waals surface area (Å²) in [5.74, 6) is 1.46. The summed E-state index contributed by atoms with van der Waals surface area (Å²) in [6, 6.07) is 5.24. The fraction of sp³-hybridized carbons (Fsp3) is 0.357. The van der Waals surface area contributed by atoms with Gasteiger partial charge in [-0.25, -0.2) is 13.2 Å². The summed E-state index contributed by atoms with van der Waals surface area (Å²) >= 11 is 0. The van der Waals surface area contributed by atoms with Gasteiger partial charge in [0.05, 0.1) is 17.0 Å². The fourth-order valence-electron chi connectivity index (χ4n) is 2.18. The van der Waals surface area contributed by atoms with E-state index < -0.39 is 16.0 Å². The average Bonchev–Trinajstić information content (AvgIpc) is 2.48. The largest absolute Gasteiger partial charge is 0.478 e. The Morgan fingerprint density at radius 3 is 2.24 bits per heavy atom. The summed E-state index contributed by atoms with van der Waals surface area (Å²) in [6.45, 7) is 2.46. The van der Waals surface area contributed by atoms with Gasteiger partial charge in [0.15, 0.2) is 0 Å². The highest BCUT2D eigenvalue weighted by Crippen LogP contribution is 2.18. The Balaban J connectivity index is 2.12. The van der Waals surface area contributed by atoms with Crippen LogP contribution in [0.15, 0.2) is 29.2 Å². The predicted octanol–water partition coefficient (Wildman–Crippen LogP) is 0.324. The molecule has 1 N–H and O–H groups in total. The van der Waals surface area contributed by atoms with Gasteiger partial charge < -0.3 is 5.11 Å². The molecule has 1 aromatic rings. The Morgan fingerprint density at radius 1 is 1.19 bits per heavy atom. The number of terminal acetylenes is 1. The van der Waals surface area contributed by atoms with Gasteiger partial charge in [-0.1, -0.05) is 5.92 Å². The molecule has 1 aliphatic heterocycles. The van der Waals surface area contributed by atoms with Crippen LogP contribution in [0.5, 0.6) is 0 Å². The van der Waals surface area contributed by atoms with Crippen LogP contribution in [0.2, 0.25) is 0 Å². The quantitative estimate of drug-likeness (QED) is 0.811. The molecule has 0 bridgehead atoms. The Labute approximate surface area is 124 Å². The number of carboxylic acid groups (broad SMARTS) is 1. The van der Waals surface area contributed by atoms with Crippen LogP contribution in [-0.2, 0) is 10.0 Å². The van der Waals surface area contributed by atoms with Gasteiger partial charge in [-0.2, -0.15) is 4.31 Å². The minimum atomic E-state index is -3.58. The van der Waals surface area contributed by atoms with E-state index in [1.54, 1.807) is 0 Å². The van der Waals surface area contributed by atoms with Gasteiger partial charge in [0.2, 0.25) is 10.0 Å². The zero-order valence-corrected chi connectivity index (χ0v) is 12.2. The molecule has 0 spiro atoms. The van der Waals surface area contributed by atoms with E-state index in [9.17, 15) is 13.2 Å². The van der Waals surface area contributed by atoms with E-state index in [-0.39, 0.29) is 10.5 Å². The number of carbonyl (C=O) groups is 1. The van der Waals surface area contributed by atoms with Crippen LogP contribution in [0.1, 0.15) is 10.4 Å². The highest BCUT2D eigenvalue weighted by molar-refractivity contribution is 7.89. The number of sulfonamides is 1. The van der Waals surface area contributed by atoms with Gasteiger partial charge in [0.25, 0.3) is 0 Å². The Hall–Kier alpha value is -1.88. The van der Waals surface area contributed by atoms with Crippen molar-refractivity contribution in [3.8, 4) is 12.3 Å². The Morgan fingerprint density at radius 2 is 1.76 bits per heavy atom. The molecule has 0 amide bonds. The summed E-state index contributed by atoms with van der Waals surface area (Å²) in [5.41, 5.74) is 0.0628. The number of aromatic carboxylic acids is 1. The third-order valence-electron chi connectivity index (χ3n) is 3.39. The molecular weight excluding hydrogens is 292 g/mol. The molecule has 0 aromatic heterocycles. The maximum absolute atomic E-state index is 12.5. The SMILES string of the molecule is C#CCN1CCN(S(=O)(=O)c2ccc(C(=O)O)cc2)CC1. The van der Waals surface area contributed by atoms with Crippen LogP contribution < -0.4 is 0 Å². The van der Waals surface area contributed by atoms with Gasteiger partial charge in [-0.15, -0.1) is 6.42 Å². The van der Waals surface area contributed by atoms with Gasteiger partial charge in [0.1, 0.15) is 0 Å². The molecule has 0 aliphatic carbocycles. The molecule has 1 aromatic carbocycles. The monoisotopic (exact) mass is 308 g/mol. The van der Waals surface area contributed by atoms with E-state index in [1.807, 2.05) is 4.90 Å². The first-order chi connectivity index (χ1) is 9.95. The standard InChI is InChI=1S/C14H16N2O4S/c1-2-7-15-8-10-16(11-9-15)21(19,20)13-5-3-12(4-6-13)14(17)18/h1,3-6H,7-11H2,(H,17,18). The molecule has 1 fully saturated rings. The molecule has 1 aliphatic rings. The molecule has 1 heterocycles. The van der Waals surface area contributed by atoms with Gasteiger partial charge >= 0.3 is 5.97 Å². The Bertz CT molecular complexity index is 653. The van der Waals surface area contributed by atoms with Gasteiger partial charge in [-0.3, -0.25) is 4.90 Å². The summed E-state index contributed by atoms with van der Waals surface area (Å²) in [7, 11) is -3.58. The van der Waals surface area contributed by atoms with E-state index in [4.69, 9.17) is 11.5 Å². The van der Waals surface area contributed by atoms with Crippen molar-refractivity contribution in [3.05, 3.63) is 29.8 Å². The van der Waals surface area contributed by atoms with Crippen molar-refractivity contribution in [2.24, 2.45) is 0 Å². The van der Waals surface area contributed by atoms with Gasteiger partial charge in [0, 0.05) is 26.2 Å². The second-order valence-electron chi connectivity index (χ2n) is 4.71. The first-order valence-electron chi connectivity index (χ1n) is 6.44. The first kappa shape index (κ1) is 15.5. The molecule has 1 saturated heterocycles. The molecule has 0 saturated carbocycles. The molecule has 0 unspecified atom stereocenters. The van der Waals surface area contributed by atoms with Crippen LogP contribution in [0, 0.1) is 12.3 Å². The molecule has 0 atom stereocenters. The summed E-state index contributed by atoms with van der Waals surface area (Å²) in [5, 5.41) is 8.83. The number of rotatable bonds is 4. The summed E-state index contributed by atoms with van der Waals surface area (Å²) in [6.07, 6.45) is 5.24. The normalized spacial score (nSPS) is 17.3. The molecule has 2 rings (SSSR count). The number of carboxylic acids is 1. The minimum absolute atomic E-state index is 0.0628. The van der Waals surface area contributed by atoms with Crippen molar-refractivity contribution in [1.82, 2.24) is 9.21 Å². The lowest BCUT2D eigenvalue weighted by Crippen LogP contribution is -2.48. The van der Waals surface area contributed by atoms with Gasteiger partial charge in [-0.05, 0) is 24.3 Å². The molecule has 112 valence electrons. The highest BCUT2D eigenvalue weighted by Gasteiger charge is 2.28. The van der Waals surface area contributed by atoms with E-state index in [1.165, 1.54) is 28.6 Å². The molecule has 7 heteroatoms. The van der Waals surface area contributed by atoms with E-state index in [0.29, 0.717) is 32.7 Å². The minimum Gasteiger partial charge on any atom is -0.478 e. The first-order valence-corrected chi connectivity index (χ1v) is 7.88. The maximum Gasteiger partial charge on any atom is 0.335 e. The fourth-order valence-corrected chi connectivity index (χ4v) is 3.60. The van der Waals surface area contributed by atoms with Crippen LogP contribution in [0.3, 0.4) is 0 Å². The molecule has 0 radical (unpaired) electrons. The zero-order chi connectivity index (χ0) is 15.5. The number of hydrogen-bond donors (Lipinski definition) is 1. The number of nitrogens with zero attached hydrogens (tertiary/aromatic N) is 2. The second kappa shape index (κ2) is 6.26. The molecule has 21 heavy (non-hydrogen) atoms. The van der Waals surface area contributed by atoms with Crippen LogP contribution in [0.25, 0.3) is 0 Å². The third-order valence-corrected chi connectivity index (χ3v) is 5.30. The second-order valence-corrected chi connectivity index (χ2v) is 6.65. The van der Waals surface area contributed by atoms with Crippen molar-refractivity contribution in [3.63, 3.8) is 0 Å². The average molecular weight is 308 g/mol. The van der Waals surface area contributed by atoms with Crippen molar-refractivity contribution in [1.29, 1.82) is 0 Å². The van der Waals surface area contributed by atoms with E-state index >= 15 is 0 Å². The van der Waals surface area contributed by atoms with Crippen molar-refractivity contribution in [2.75, 3.05) is 32.7 Å². The van der Waals surface area contributed by atoms with Crippen molar-refractivity contribution < 1.29 is 18.3 Å². The Kier molecular flexibility index (Phi) is 4.63. The number of hydrogen-bond acceptors (Lipinski definition) is 4. The summed E-state index contributed by atoms with van der Waals surface area (Å²) < 4.78 is 26.3. The third kappa shape index (κ3) is 3.42. The van der Waals surface area contributed by atoms with Crippen LogP contribution in [0.4, 0.5) is 0 Å². The van der Waals surface area contributed by atoms with Crippen molar-refractivity contribution in [2.45, 2.75) is 4.90 Å². The molecule has 6 nitrogen and oxygen atoms in total. The number of piperazine rings is 1. The lowest BCUT2D eigenvalue weighted by Gasteiger charge is -2.32. The summed E-state index contributed by atoms with van der Waals surface area (Å²) in [4.78, 5) is 12.9. The smallest absolute Gasteiger partial charge is 0.335 e. The molecular formula is C14H16N2O4S. The zero-order valence-electron chi connectivity index (χ0n) is 11.4. The van der Waals surface area contributed by atoms with E-state index in [2.05, 4.69) is 5.92 Å². The van der Waals surface area contributed by atoms with E-state index in [0.717, 1.165) is 0 Å². The topological polar surface area (TPSA) is 77.9 Å². The predicted molar refractivity (Wildman–Crippen MR) is 77.4 cm³/mol. The number of benzene rings is 1. The lowest BCUT2D eigenvalue weighted by atomic mass is 10.2. The highest BCUT2D eigenvalue weighted by atomic mass is 32.2.